The highest BCUT2D eigenvalue weighted by Crippen LogP contribution is 2.41. The zero-order valence-electron chi connectivity index (χ0n) is 21.7. The Labute approximate surface area is 216 Å². The van der Waals surface area contributed by atoms with Crippen LogP contribution < -0.4 is 5.32 Å². The maximum atomic E-state index is 13.4. The third-order valence-electron chi connectivity index (χ3n) is 6.91. The van der Waals surface area contributed by atoms with Gasteiger partial charge >= 0.3 is 6.09 Å². The number of carbonyl (C=O) groups excluding carboxylic acids is 1. The van der Waals surface area contributed by atoms with Crippen molar-refractivity contribution in [3.05, 3.63) is 54.1 Å². The Kier molecular flexibility index (Phi) is 6.21. The van der Waals surface area contributed by atoms with Gasteiger partial charge in [0.15, 0.2) is 11.3 Å². The van der Waals surface area contributed by atoms with E-state index in [0.717, 1.165) is 24.2 Å². The van der Waals surface area contributed by atoms with Gasteiger partial charge in [0.25, 0.3) is 10.0 Å². The van der Waals surface area contributed by atoms with E-state index < -0.39 is 21.7 Å². The van der Waals surface area contributed by atoms with E-state index in [-0.39, 0.29) is 22.8 Å². The Bertz CT molecular complexity index is 1570. The summed E-state index contributed by atoms with van der Waals surface area (Å²) in [6, 6.07) is 8.42. The minimum atomic E-state index is -3.84. The molecule has 4 aromatic rings. The molecule has 0 unspecified atom stereocenters. The van der Waals surface area contributed by atoms with Crippen molar-refractivity contribution in [2.45, 2.75) is 76.3 Å². The standard InChI is InChI=1S/C26H32N6O4S/c1-6-17-13-18(28-25(33)36-26(3,4)5)14-20(17)23-30-29-22-15-27-24-21(32(22)23)11-12-31(24)37(34,35)19-9-7-16(2)8-10-19/h7-12,15,17-18,20H,6,13-14H2,1-5H3,(H,28,33)/t17-,18+,20+/m1/s1. The predicted molar refractivity (Wildman–Crippen MR) is 139 cm³/mol. The number of aryl methyl sites for hydroxylation is 1. The fraction of sp³-hybridized carbons (Fsp3) is 0.462. The summed E-state index contributed by atoms with van der Waals surface area (Å²) in [4.78, 5) is 17.0. The molecule has 3 aromatic heterocycles. The van der Waals surface area contributed by atoms with E-state index in [9.17, 15) is 13.2 Å². The number of benzene rings is 1. The summed E-state index contributed by atoms with van der Waals surface area (Å²) in [6.45, 7) is 9.55. The van der Waals surface area contributed by atoms with Gasteiger partial charge in [0.05, 0.1) is 16.6 Å². The van der Waals surface area contributed by atoms with Crippen LogP contribution in [0.1, 0.15) is 64.3 Å². The molecule has 0 aliphatic heterocycles. The van der Waals surface area contributed by atoms with Crippen molar-refractivity contribution < 1.29 is 17.9 Å². The average molecular weight is 525 g/mol. The molecule has 1 aliphatic rings. The van der Waals surface area contributed by atoms with Gasteiger partial charge in [-0.1, -0.05) is 31.0 Å². The largest absolute Gasteiger partial charge is 0.444 e. The molecule has 11 heteroatoms. The summed E-state index contributed by atoms with van der Waals surface area (Å²) in [5.74, 6) is 1.05. The first kappa shape index (κ1) is 25.2. The molecule has 1 N–H and O–H groups in total. The Morgan fingerprint density at radius 2 is 1.86 bits per heavy atom. The molecule has 1 saturated carbocycles. The van der Waals surface area contributed by atoms with Crippen LogP contribution in [-0.4, -0.2) is 49.7 Å². The van der Waals surface area contributed by atoms with Gasteiger partial charge in [0.1, 0.15) is 11.4 Å². The smallest absolute Gasteiger partial charge is 0.407 e. The van der Waals surface area contributed by atoms with Crippen LogP contribution in [0.4, 0.5) is 4.79 Å². The maximum Gasteiger partial charge on any atom is 0.407 e. The summed E-state index contributed by atoms with van der Waals surface area (Å²) in [6.07, 6.45) is 5.03. The number of amides is 1. The Balaban J connectivity index is 1.51. The Hall–Kier alpha value is -3.47. The summed E-state index contributed by atoms with van der Waals surface area (Å²) in [7, 11) is -3.84. The van der Waals surface area contributed by atoms with Gasteiger partial charge in [-0.15, -0.1) is 10.2 Å². The van der Waals surface area contributed by atoms with E-state index in [0.29, 0.717) is 23.2 Å². The van der Waals surface area contributed by atoms with Gasteiger partial charge < -0.3 is 10.1 Å². The molecule has 3 atom stereocenters. The van der Waals surface area contributed by atoms with E-state index in [2.05, 4.69) is 27.4 Å². The fourth-order valence-corrected chi connectivity index (χ4v) is 6.49. The van der Waals surface area contributed by atoms with Gasteiger partial charge in [0.2, 0.25) is 0 Å². The van der Waals surface area contributed by atoms with Crippen molar-refractivity contribution in [2.24, 2.45) is 5.92 Å². The number of fused-ring (bicyclic) bond motifs is 3. The number of alkyl carbamates (subject to hydrolysis) is 1. The summed E-state index contributed by atoms with van der Waals surface area (Å²) >= 11 is 0. The molecule has 0 spiro atoms. The second-order valence-electron chi connectivity index (χ2n) is 10.7. The zero-order valence-corrected chi connectivity index (χ0v) is 22.5. The molecule has 196 valence electrons. The number of ether oxygens (including phenoxy) is 1. The lowest BCUT2D eigenvalue weighted by molar-refractivity contribution is 0.0504. The quantitative estimate of drug-likeness (QED) is 0.410. The molecule has 0 saturated heterocycles. The lowest BCUT2D eigenvalue weighted by Crippen LogP contribution is -2.38. The molecule has 5 rings (SSSR count). The third kappa shape index (κ3) is 4.68. The van der Waals surface area contributed by atoms with Gasteiger partial charge in [-0.2, -0.15) is 0 Å². The first-order chi connectivity index (χ1) is 17.5. The van der Waals surface area contributed by atoms with Crippen LogP contribution in [0.2, 0.25) is 0 Å². The van der Waals surface area contributed by atoms with E-state index in [1.165, 1.54) is 10.2 Å². The molecule has 3 heterocycles. The first-order valence-corrected chi connectivity index (χ1v) is 13.9. The van der Waals surface area contributed by atoms with E-state index in [1.54, 1.807) is 36.5 Å². The number of carbonyl (C=O) groups is 1. The molecule has 0 bridgehead atoms. The summed E-state index contributed by atoms with van der Waals surface area (Å²) in [5, 5.41) is 11.9. The molecule has 1 aromatic carbocycles. The number of nitrogens with one attached hydrogen (secondary N) is 1. The second-order valence-corrected chi connectivity index (χ2v) is 12.6. The highest BCUT2D eigenvalue weighted by molar-refractivity contribution is 7.90. The Morgan fingerprint density at radius 1 is 1.14 bits per heavy atom. The monoisotopic (exact) mass is 524 g/mol. The third-order valence-corrected chi connectivity index (χ3v) is 8.59. The highest BCUT2D eigenvalue weighted by atomic mass is 32.2. The molecular weight excluding hydrogens is 492 g/mol. The van der Waals surface area contributed by atoms with E-state index in [4.69, 9.17) is 4.74 Å². The van der Waals surface area contributed by atoms with Crippen LogP contribution in [0.3, 0.4) is 0 Å². The molecule has 1 amide bonds. The molecule has 0 radical (unpaired) electrons. The normalized spacial score (nSPS) is 20.5. The van der Waals surface area contributed by atoms with Crippen LogP contribution in [0.25, 0.3) is 16.8 Å². The van der Waals surface area contributed by atoms with Crippen LogP contribution in [0.15, 0.2) is 47.6 Å². The second kappa shape index (κ2) is 9.13. The van der Waals surface area contributed by atoms with Crippen LogP contribution in [-0.2, 0) is 14.8 Å². The summed E-state index contributed by atoms with van der Waals surface area (Å²) in [5.41, 5.74) is 1.88. The van der Waals surface area contributed by atoms with Crippen LogP contribution >= 0.6 is 0 Å². The van der Waals surface area contributed by atoms with Gasteiger partial charge in [-0.3, -0.25) is 4.40 Å². The first-order valence-electron chi connectivity index (χ1n) is 12.5. The SMILES string of the molecule is CC[C@@H]1C[C@H](NC(=O)OC(C)(C)C)C[C@@H]1c1nnc2cnc3c(ccn3S(=O)(=O)c3ccc(C)cc3)n12. The average Bonchev–Trinajstić information content (AvgIpc) is 3.53. The van der Waals surface area contributed by atoms with Crippen molar-refractivity contribution >= 4 is 32.9 Å². The lowest BCUT2D eigenvalue weighted by atomic mass is 9.93. The van der Waals surface area contributed by atoms with Crippen molar-refractivity contribution in [1.82, 2.24) is 28.9 Å². The van der Waals surface area contributed by atoms with Crippen LogP contribution in [0, 0.1) is 12.8 Å². The Morgan fingerprint density at radius 3 is 2.54 bits per heavy atom. The minimum absolute atomic E-state index is 0.0302. The van der Waals surface area contributed by atoms with Crippen molar-refractivity contribution in [2.75, 3.05) is 0 Å². The van der Waals surface area contributed by atoms with Crippen LogP contribution in [0.5, 0.6) is 0 Å². The molecule has 1 fully saturated rings. The van der Waals surface area contributed by atoms with Crippen molar-refractivity contribution in [1.29, 1.82) is 0 Å². The van der Waals surface area contributed by atoms with E-state index in [1.807, 2.05) is 32.1 Å². The van der Waals surface area contributed by atoms with Gasteiger partial charge in [-0.25, -0.2) is 22.2 Å². The highest BCUT2D eigenvalue weighted by Gasteiger charge is 2.38. The maximum absolute atomic E-state index is 13.4. The van der Waals surface area contributed by atoms with Crippen molar-refractivity contribution in [3.8, 4) is 0 Å². The van der Waals surface area contributed by atoms with Gasteiger partial charge in [-0.05, 0) is 64.7 Å². The topological polar surface area (TPSA) is 120 Å². The molecule has 10 nitrogen and oxygen atoms in total. The van der Waals surface area contributed by atoms with Crippen molar-refractivity contribution in [3.63, 3.8) is 0 Å². The summed E-state index contributed by atoms with van der Waals surface area (Å²) < 4.78 is 35.4. The predicted octanol–water partition coefficient (Wildman–Crippen LogP) is 4.42. The number of rotatable bonds is 5. The fourth-order valence-electron chi connectivity index (χ4n) is 5.19. The molecule has 37 heavy (non-hydrogen) atoms. The van der Waals surface area contributed by atoms with Gasteiger partial charge in [0, 0.05) is 18.2 Å². The lowest BCUT2D eigenvalue weighted by Gasteiger charge is -2.21. The molecular formula is C26H32N6O4S. The number of aromatic nitrogens is 5. The number of hydrogen-bond acceptors (Lipinski definition) is 7. The number of nitrogens with zero attached hydrogens (tertiary/aromatic N) is 5. The number of hydrogen-bond donors (Lipinski definition) is 1. The minimum Gasteiger partial charge on any atom is -0.444 e. The molecule has 1 aliphatic carbocycles. The zero-order chi connectivity index (χ0) is 26.5. The van der Waals surface area contributed by atoms with E-state index >= 15 is 0 Å².